The van der Waals surface area contributed by atoms with Gasteiger partial charge in [0.05, 0.1) is 12.7 Å². The van der Waals surface area contributed by atoms with E-state index in [9.17, 15) is 5.11 Å². The van der Waals surface area contributed by atoms with Gasteiger partial charge in [0, 0.05) is 19.6 Å². The Balaban J connectivity index is 3.43. The third-order valence-electron chi connectivity index (χ3n) is 3.51. The first-order chi connectivity index (χ1) is 9.74. The van der Waals surface area contributed by atoms with Crippen LogP contribution in [0.25, 0.3) is 0 Å². The van der Waals surface area contributed by atoms with E-state index in [0.717, 1.165) is 38.8 Å². The Labute approximate surface area is 125 Å². The second-order valence-electron chi connectivity index (χ2n) is 5.47. The highest BCUT2D eigenvalue weighted by atomic mass is 16.5. The van der Waals surface area contributed by atoms with Gasteiger partial charge in [0.1, 0.15) is 0 Å². The maximum atomic E-state index is 9.79. The minimum absolute atomic E-state index is 0.411. The molecule has 0 aromatic rings. The molecule has 0 radical (unpaired) electrons. The number of aliphatic hydroxyl groups excluding tert-OH is 1. The van der Waals surface area contributed by atoms with E-state index in [-0.39, 0.29) is 0 Å². The van der Waals surface area contributed by atoms with Crippen molar-refractivity contribution in [1.29, 1.82) is 0 Å². The van der Waals surface area contributed by atoms with Crippen LogP contribution in [0.3, 0.4) is 0 Å². The Morgan fingerprint density at radius 3 is 2.65 bits per heavy atom. The molecule has 0 spiro atoms. The van der Waals surface area contributed by atoms with Crippen LogP contribution in [0.5, 0.6) is 0 Å². The first kappa shape index (κ1) is 19.4. The van der Waals surface area contributed by atoms with Gasteiger partial charge >= 0.3 is 0 Å². The molecular weight excluding hydrogens is 250 g/mol. The zero-order valence-electron chi connectivity index (χ0n) is 13.4. The first-order valence-electron chi connectivity index (χ1n) is 8.14. The van der Waals surface area contributed by atoms with Gasteiger partial charge in [-0.1, -0.05) is 33.1 Å². The van der Waals surface area contributed by atoms with Gasteiger partial charge in [-0.05, 0) is 31.7 Å². The summed E-state index contributed by atoms with van der Waals surface area (Å²) in [7, 11) is 0. The van der Waals surface area contributed by atoms with Gasteiger partial charge in [-0.25, -0.2) is 0 Å². The molecular formula is C17H33NO2. The van der Waals surface area contributed by atoms with E-state index in [0.29, 0.717) is 19.1 Å². The number of nitrogens with one attached hydrogen (secondary N) is 1. The number of terminal acetylenes is 1. The Morgan fingerprint density at radius 1 is 1.20 bits per heavy atom. The average molecular weight is 283 g/mol. The fraction of sp³-hybridized carbons (Fsp3) is 0.882. The normalized spacial score (nSPS) is 13.9. The van der Waals surface area contributed by atoms with Crippen molar-refractivity contribution in [2.45, 2.75) is 64.9 Å². The van der Waals surface area contributed by atoms with E-state index >= 15 is 0 Å². The van der Waals surface area contributed by atoms with Crippen molar-refractivity contribution >= 4 is 0 Å². The summed E-state index contributed by atoms with van der Waals surface area (Å²) >= 11 is 0. The van der Waals surface area contributed by atoms with E-state index < -0.39 is 6.10 Å². The lowest BCUT2D eigenvalue weighted by Gasteiger charge is -2.17. The van der Waals surface area contributed by atoms with Crippen molar-refractivity contribution in [3.8, 4) is 12.3 Å². The summed E-state index contributed by atoms with van der Waals surface area (Å²) in [5, 5.41) is 13.0. The maximum absolute atomic E-state index is 9.79. The van der Waals surface area contributed by atoms with Crippen molar-refractivity contribution in [2.24, 2.45) is 5.92 Å². The highest BCUT2D eigenvalue weighted by Crippen LogP contribution is 2.12. The van der Waals surface area contributed by atoms with Crippen molar-refractivity contribution in [3.05, 3.63) is 0 Å². The molecule has 0 aliphatic carbocycles. The van der Waals surface area contributed by atoms with Crippen molar-refractivity contribution in [3.63, 3.8) is 0 Å². The Kier molecular flexibility index (Phi) is 14.4. The minimum Gasteiger partial charge on any atom is -0.389 e. The molecule has 0 fully saturated rings. The van der Waals surface area contributed by atoms with Crippen LogP contribution in [-0.2, 0) is 4.74 Å². The van der Waals surface area contributed by atoms with Crippen molar-refractivity contribution < 1.29 is 9.84 Å². The van der Waals surface area contributed by atoms with Crippen molar-refractivity contribution in [1.82, 2.24) is 5.32 Å². The predicted octanol–water partition coefficient (Wildman–Crippen LogP) is 2.97. The molecule has 3 heteroatoms. The molecule has 2 atom stereocenters. The van der Waals surface area contributed by atoms with E-state index in [1.165, 1.54) is 19.3 Å². The fourth-order valence-corrected chi connectivity index (χ4v) is 2.07. The van der Waals surface area contributed by atoms with Crippen LogP contribution in [0.2, 0.25) is 0 Å². The average Bonchev–Trinajstić information content (AvgIpc) is 2.46. The number of hydrogen-bond donors (Lipinski definition) is 2. The second kappa shape index (κ2) is 14.8. The lowest BCUT2D eigenvalue weighted by Crippen LogP contribution is -2.31. The quantitative estimate of drug-likeness (QED) is 0.380. The molecule has 0 amide bonds. The Hall–Kier alpha value is -0.560. The third kappa shape index (κ3) is 12.5. The summed E-state index contributed by atoms with van der Waals surface area (Å²) in [6.07, 6.45) is 12.6. The first-order valence-corrected chi connectivity index (χ1v) is 8.14. The van der Waals surface area contributed by atoms with Crippen molar-refractivity contribution in [2.75, 3.05) is 26.3 Å². The van der Waals surface area contributed by atoms with E-state index in [2.05, 4.69) is 25.1 Å². The standard InChI is InChI=1S/C17H33NO2/c1-4-7-9-10-12-18-13-17(19)15-20-14-16(6-3)11-8-5-2/h1,16-19H,5-15H2,2-3H3. The maximum Gasteiger partial charge on any atom is 0.0897 e. The summed E-state index contributed by atoms with van der Waals surface area (Å²) in [6.45, 7) is 7.13. The molecule has 3 nitrogen and oxygen atoms in total. The lowest BCUT2D eigenvalue weighted by atomic mass is 10.0. The van der Waals surface area contributed by atoms with Crippen LogP contribution in [0.4, 0.5) is 0 Å². The summed E-state index contributed by atoms with van der Waals surface area (Å²) < 4.78 is 5.62. The minimum atomic E-state index is -0.411. The van der Waals surface area contributed by atoms with Gasteiger partial charge in [0.25, 0.3) is 0 Å². The monoisotopic (exact) mass is 283 g/mol. The molecule has 0 bridgehead atoms. The van der Waals surface area contributed by atoms with Crippen LogP contribution >= 0.6 is 0 Å². The number of rotatable bonds is 14. The topological polar surface area (TPSA) is 41.5 Å². The van der Waals surface area contributed by atoms with E-state index in [1.807, 2.05) is 0 Å². The number of hydrogen-bond acceptors (Lipinski definition) is 3. The number of aliphatic hydroxyl groups is 1. The molecule has 0 saturated carbocycles. The molecule has 20 heavy (non-hydrogen) atoms. The molecule has 0 heterocycles. The summed E-state index contributed by atoms with van der Waals surface area (Å²) in [6, 6.07) is 0. The molecule has 118 valence electrons. The summed E-state index contributed by atoms with van der Waals surface area (Å²) in [5.74, 6) is 3.27. The van der Waals surface area contributed by atoms with E-state index in [4.69, 9.17) is 11.2 Å². The van der Waals surface area contributed by atoms with Gasteiger partial charge in [0.2, 0.25) is 0 Å². The van der Waals surface area contributed by atoms with Crippen LogP contribution < -0.4 is 5.32 Å². The molecule has 0 saturated heterocycles. The van der Waals surface area contributed by atoms with Crippen LogP contribution in [-0.4, -0.2) is 37.5 Å². The predicted molar refractivity (Wildman–Crippen MR) is 85.7 cm³/mol. The van der Waals surface area contributed by atoms with Crippen LogP contribution in [0.1, 0.15) is 58.8 Å². The van der Waals surface area contributed by atoms with Gasteiger partial charge in [-0.3, -0.25) is 0 Å². The smallest absolute Gasteiger partial charge is 0.0897 e. The fourth-order valence-electron chi connectivity index (χ4n) is 2.07. The second-order valence-corrected chi connectivity index (χ2v) is 5.47. The molecule has 0 aromatic carbocycles. The lowest BCUT2D eigenvalue weighted by molar-refractivity contribution is 0.0194. The van der Waals surface area contributed by atoms with Crippen LogP contribution in [0.15, 0.2) is 0 Å². The zero-order chi connectivity index (χ0) is 15.1. The molecule has 0 aliphatic heterocycles. The van der Waals surface area contributed by atoms with E-state index in [1.54, 1.807) is 0 Å². The molecule has 0 aromatic heterocycles. The number of ether oxygens (including phenoxy) is 1. The summed E-state index contributed by atoms with van der Waals surface area (Å²) in [4.78, 5) is 0. The van der Waals surface area contributed by atoms with Gasteiger partial charge in [0.15, 0.2) is 0 Å². The highest BCUT2D eigenvalue weighted by molar-refractivity contribution is 4.82. The van der Waals surface area contributed by atoms with Gasteiger partial charge < -0.3 is 15.2 Å². The molecule has 2 N–H and O–H groups in total. The van der Waals surface area contributed by atoms with Gasteiger partial charge in [-0.15, -0.1) is 12.3 Å². The Morgan fingerprint density at radius 2 is 2.00 bits per heavy atom. The molecule has 0 aliphatic rings. The Bertz CT molecular complexity index is 238. The number of unbranched alkanes of at least 4 members (excludes halogenated alkanes) is 3. The SMILES string of the molecule is C#CCCCCNCC(O)COCC(CC)CCCC. The third-order valence-corrected chi connectivity index (χ3v) is 3.51. The largest absolute Gasteiger partial charge is 0.389 e. The molecule has 2 unspecified atom stereocenters. The van der Waals surface area contributed by atoms with Crippen LogP contribution in [0, 0.1) is 18.3 Å². The molecule has 0 rings (SSSR count). The highest BCUT2D eigenvalue weighted by Gasteiger charge is 2.08. The zero-order valence-corrected chi connectivity index (χ0v) is 13.4. The van der Waals surface area contributed by atoms with Gasteiger partial charge in [-0.2, -0.15) is 0 Å². The summed E-state index contributed by atoms with van der Waals surface area (Å²) in [5.41, 5.74) is 0.